The summed E-state index contributed by atoms with van der Waals surface area (Å²) in [5.74, 6) is 0. The summed E-state index contributed by atoms with van der Waals surface area (Å²) in [7, 11) is -4.52. The lowest BCUT2D eigenvalue weighted by Crippen LogP contribution is -2.03. The Balaban J connectivity index is 1.95. The molecule has 0 aliphatic rings. The Bertz CT molecular complexity index is 1250. The number of nitrogens with zero attached hydrogens (tertiary/aromatic N) is 4. The molecule has 3 aromatic rings. The first-order chi connectivity index (χ1) is 13.4. The number of nitrogens with one attached hydrogen (secondary N) is 1. The first-order valence-electron chi connectivity index (χ1n) is 7.70. The van der Waals surface area contributed by atoms with Crippen LogP contribution in [0.25, 0.3) is 22.4 Å². The van der Waals surface area contributed by atoms with Crippen LogP contribution in [0.5, 0.6) is 0 Å². The molecule has 0 spiro atoms. The zero-order chi connectivity index (χ0) is 20.1. The lowest BCUT2D eigenvalue weighted by molar-refractivity contribution is 0.483. The molecule has 0 saturated carbocycles. The highest BCUT2D eigenvalue weighted by Crippen LogP contribution is 2.26. The predicted octanol–water partition coefficient (Wildman–Crippen LogP) is 3.53. The Hall–Kier alpha value is -3.57. The van der Waals surface area contributed by atoms with Gasteiger partial charge in [-0.3, -0.25) is 9.98 Å². The largest absolute Gasteiger partial charge is 0.295 e. The summed E-state index contributed by atoms with van der Waals surface area (Å²) in [6, 6.07) is 14.9. The highest BCUT2D eigenvalue weighted by Gasteiger charge is 2.15. The van der Waals surface area contributed by atoms with Gasteiger partial charge in [0.1, 0.15) is 22.0 Å². The van der Waals surface area contributed by atoms with Crippen molar-refractivity contribution in [1.29, 1.82) is 10.5 Å². The van der Waals surface area contributed by atoms with Gasteiger partial charge in [-0.25, -0.2) is 4.98 Å². The highest BCUT2D eigenvalue weighted by molar-refractivity contribution is 7.86. The molecule has 1 aromatic heterocycles. The van der Waals surface area contributed by atoms with E-state index in [1.807, 2.05) is 24.3 Å². The number of benzene rings is 2. The quantitative estimate of drug-likeness (QED) is 0.373. The van der Waals surface area contributed by atoms with Crippen LogP contribution in [-0.2, 0) is 10.1 Å². The molecule has 0 aliphatic carbocycles. The molecule has 0 atom stereocenters. The van der Waals surface area contributed by atoms with Gasteiger partial charge in [0.05, 0.1) is 15.9 Å². The average Bonchev–Trinajstić information content (AvgIpc) is 3.10. The van der Waals surface area contributed by atoms with Crippen molar-refractivity contribution in [2.75, 3.05) is 5.43 Å². The van der Waals surface area contributed by atoms with Crippen molar-refractivity contribution in [2.45, 2.75) is 4.90 Å². The van der Waals surface area contributed by atoms with Crippen LogP contribution in [0.3, 0.4) is 0 Å². The van der Waals surface area contributed by atoms with Crippen molar-refractivity contribution < 1.29 is 13.0 Å². The van der Waals surface area contributed by atoms with Gasteiger partial charge in [-0.1, -0.05) is 24.3 Å². The van der Waals surface area contributed by atoms with Crippen molar-refractivity contribution in [2.24, 2.45) is 5.10 Å². The zero-order valence-electron chi connectivity index (χ0n) is 14.1. The predicted molar refractivity (Wildman–Crippen MR) is 107 cm³/mol. The first kappa shape index (κ1) is 19.2. The van der Waals surface area contributed by atoms with Gasteiger partial charge in [-0.15, -0.1) is 11.3 Å². The highest BCUT2D eigenvalue weighted by atomic mass is 32.2. The van der Waals surface area contributed by atoms with Crippen molar-refractivity contribution in [3.8, 4) is 12.1 Å². The Kier molecular flexibility index (Phi) is 5.47. The average molecular weight is 409 g/mol. The fraction of sp³-hybridized carbons (Fsp3) is 0. The summed E-state index contributed by atoms with van der Waals surface area (Å²) in [5.41, 5.74) is 3.26. The van der Waals surface area contributed by atoms with E-state index >= 15 is 0 Å². The molecule has 10 heteroatoms. The van der Waals surface area contributed by atoms with Crippen LogP contribution in [0.15, 0.2) is 52.5 Å². The number of anilines is 1. The summed E-state index contributed by atoms with van der Waals surface area (Å²) in [4.78, 5) is 4.09. The molecular weight excluding hydrogens is 398 g/mol. The second-order valence-electron chi connectivity index (χ2n) is 5.38. The number of thiazole rings is 1. The first-order valence-corrected chi connectivity index (χ1v) is 9.95. The summed E-state index contributed by atoms with van der Waals surface area (Å²) >= 11 is 1.45. The summed E-state index contributed by atoms with van der Waals surface area (Å²) in [5, 5.41) is 21.6. The Morgan fingerprint density at radius 3 is 2.61 bits per heavy atom. The van der Waals surface area contributed by atoms with Crippen LogP contribution in [0.4, 0.5) is 5.69 Å². The molecule has 0 unspecified atom stereocenters. The molecule has 28 heavy (non-hydrogen) atoms. The van der Waals surface area contributed by atoms with Crippen LogP contribution in [-0.4, -0.2) is 23.7 Å². The van der Waals surface area contributed by atoms with E-state index in [2.05, 4.69) is 15.5 Å². The number of nitriles is 2. The van der Waals surface area contributed by atoms with Crippen molar-refractivity contribution >= 4 is 55.2 Å². The molecule has 2 aromatic carbocycles. The number of aromatic nitrogens is 1. The van der Waals surface area contributed by atoms with Crippen molar-refractivity contribution in [3.05, 3.63) is 53.0 Å². The van der Waals surface area contributed by atoms with Crippen molar-refractivity contribution in [1.82, 2.24) is 4.98 Å². The van der Waals surface area contributed by atoms with Gasteiger partial charge >= 0.3 is 0 Å². The van der Waals surface area contributed by atoms with E-state index < -0.39 is 15.8 Å². The van der Waals surface area contributed by atoms with Crippen molar-refractivity contribution in [3.63, 3.8) is 0 Å². The van der Waals surface area contributed by atoms with Crippen LogP contribution in [0.1, 0.15) is 10.6 Å². The third-order valence-electron chi connectivity index (χ3n) is 3.52. The maximum atomic E-state index is 11.7. The molecule has 0 saturated heterocycles. The number of hydrazone groups is 1. The maximum absolute atomic E-state index is 11.7. The Labute approximate surface area is 164 Å². The van der Waals surface area contributed by atoms with Gasteiger partial charge in [0.2, 0.25) is 5.71 Å². The molecule has 0 fully saturated rings. The van der Waals surface area contributed by atoms with E-state index in [0.29, 0.717) is 5.01 Å². The lowest BCUT2D eigenvalue weighted by atomic mass is 10.2. The van der Waals surface area contributed by atoms with E-state index in [1.54, 1.807) is 18.2 Å². The van der Waals surface area contributed by atoms with Crippen LogP contribution in [0, 0.1) is 22.7 Å². The summed E-state index contributed by atoms with van der Waals surface area (Å²) in [6.45, 7) is 0. The Morgan fingerprint density at radius 1 is 1.18 bits per heavy atom. The fourth-order valence-corrected chi connectivity index (χ4v) is 3.86. The molecule has 0 bridgehead atoms. The smallest absolute Gasteiger partial charge is 0.282 e. The SMILES string of the molecule is N#CC(C#N)=NNc1ccc(C=Cc2nc3ccccc3s2)c(S(=O)(=O)O)c1. The van der Waals surface area contributed by atoms with E-state index in [-0.39, 0.29) is 16.1 Å². The molecule has 0 radical (unpaired) electrons. The van der Waals surface area contributed by atoms with Gasteiger partial charge < -0.3 is 0 Å². The molecule has 8 nitrogen and oxygen atoms in total. The normalized spacial score (nSPS) is 11.1. The molecule has 138 valence electrons. The van der Waals surface area contributed by atoms with Gasteiger partial charge in [0, 0.05) is 0 Å². The summed E-state index contributed by atoms with van der Waals surface area (Å²) in [6.07, 6.45) is 3.19. The minimum absolute atomic E-state index is 0.188. The second kappa shape index (κ2) is 7.98. The number of rotatable bonds is 5. The fourth-order valence-electron chi connectivity index (χ4n) is 2.28. The molecule has 0 amide bonds. The van der Waals surface area contributed by atoms with Gasteiger partial charge in [-0.05, 0) is 35.9 Å². The molecular formula is C18H11N5O3S2. The standard InChI is InChI=1S/C18H11N5O3S2/c19-10-14(11-20)23-22-13-7-5-12(17(9-13)28(24,25)26)6-8-18-21-15-3-1-2-4-16(15)27-18/h1-9,22H,(H,24,25,26). The van der Waals surface area contributed by atoms with E-state index in [4.69, 9.17) is 10.5 Å². The number of para-hydroxylation sites is 1. The third kappa shape index (κ3) is 4.39. The summed E-state index contributed by atoms with van der Waals surface area (Å²) < 4.78 is 34.0. The van der Waals surface area contributed by atoms with Crippen LogP contribution in [0.2, 0.25) is 0 Å². The van der Waals surface area contributed by atoms with Crippen LogP contribution < -0.4 is 5.43 Å². The Morgan fingerprint density at radius 2 is 1.93 bits per heavy atom. The van der Waals surface area contributed by atoms with E-state index in [9.17, 15) is 13.0 Å². The topological polar surface area (TPSA) is 139 Å². The minimum atomic E-state index is -4.52. The second-order valence-corrected chi connectivity index (χ2v) is 7.83. The number of fused-ring (bicyclic) bond motifs is 1. The van der Waals surface area contributed by atoms with E-state index in [1.165, 1.54) is 29.5 Å². The van der Waals surface area contributed by atoms with Gasteiger partial charge in [-0.2, -0.15) is 24.0 Å². The molecule has 1 heterocycles. The maximum Gasteiger partial charge on any atom is 0.295 e. The monoisotopic (exact) mass is 409 g/mol. The van der Waals surface area contributed by atoms with E-state index in [0.717, 1.165) is 16.3 Å². The zero-order valence-corrected chi connectivity index (χ0v) is 15.7. The third-order valence-corrected chi connectivity index (χ3v) is 5.43. The lowest BCUT2D eigenvalue weighted by Gasteiger charge is -2.06. The van der Waals surface area contributed by atoms with Crippen LogP contribution >= 0.6 is 11.3 Å². The number of hydrogen-bond acceptors (Lipinski definition) is 8. The van der Waals surface area contributed by atoms with Gasteiger partial charge in [0.25, 0.3) is 10.1 Å². The molecule has 0 aliphatic heterocycles. The number of hydrogen-bond donors (Lipinski definition) is 2. The minimum Gasteiger partial charge on any atom is -0.282 e. The van der Waals surface area contributed by atoms with Gasteiger partial charge in [0.15, 0.2) is 0 Å². The molecule has 3 rings (SSSR count). The molecule has 2 N–H and O–H groups in total.